The Morgan fingerprint density at radius 1 is 0.811 bits per heavy atom. The summed E-state index contributed by atoms with van der Waals surface area (Å²) in [5.74, 6) is 0. The van der Waals surface area contributed by atoms with E-state index in [1.807, 2.05) is 18.2 Å². The van der Waals surface area contributed by atoms with Crippen molar-refractivity contribution in [1.82, 2.24) is 4.98 Å². The zero-order chi connectivity index (χ0) is 30.4. The molecule has 6 aromatic rings. The molecule has 0 saturated carbocycles. The lowest BCUT2D eigenvalue weighted by Gasteiger charge is -2.20. The van der Waals surface area contributed by atoms with Crippen LogP contribution in [0.3, 0.4) is 0 Å². The van der Waals surface area contributed by atoms with Crippen molar-refractivity contribution in [2.75, 3.05) is 0 Å². The van der Waals surface area contributed by atoms with Crippen molar-refractivity contribution in [3.8, 4) is 11.3 Å². The molecule has 37 heavy (non-hydrogen) atoms. The molecule has 0 aliphatic carbocycles. The average molecular weight is 491 g/mol. The third-order valence-electron chi connectivity index (χ3n) is 7.02. The van der Waals surface area contributed by atoms with Gasteiger partial charge in [-0.1, -0.05) is 90.1 Å². The highest BCUT2D eigenvalue weighted by molar-refractivity contribution is 6.23. The first-order valence-corrected chi connectivity index (χ1v) is 12.8. The smallest absolute Gasteiger partial charge is 0.144 e. The van der Waals surface area contributed by atoms with Gasteiger partial charge in [-0.2, -0.15) is 0 Å². The third-order valence-corrected chi connectivity index (χ3v) is 7.02. The number of hydrogen-bond acceptors (Lipinski definition) is 2. The van der Waals surface area contributed by atoms with Crippen LogP contribution in [0.2, 0.25) is 0 Å². The first kappa shape index (κ1) is 18.6. The number of aromatic nitrogens is 1. The number of benzene rings is 4. The monoisotopic (exact) mass is 490 g/mol. The number of hydrogen-bond donors (Lipinski definition) is 0. The van der Waals surface area contributed by atoms with E-state index in [9.17, 15) is 0 Å². The van der Waals surface area contributed by atoms with E-state index in [0.717, 1.165) is 37.9 Å². The molecule has 6 rings (SSSR count). The van der Waals surface area contributed by atoms with Crippen LogP contribution in [-0.4, -0.2) is 4.98 Å². The quantitative estimate of drug-likeness (QED) is 0.226. The molecule has 0 aliphatic rings. The molecule has 0 aliphatic heterocycles. The molecular weight excluding hydrogens is 450 g/mol. The number of rotatable bonds is 2. The van der Waals surface area contributed by atoms with Gasteiger partial charge in [0.25, 0.3) is 0 Å². The maximum atomic E-state index is 8.94. The van der Waals surface area contributed by atoms with E-state index in [-0.39, 0.29) is 16.5 Å². The molecule has 2 nitrogen and oxygen atoms in total. The van der Waals surface area contributed by atoms with Crippen molar-refractivity contribution in [3.63, 3.8) is 0 Å². The Morgan fingerprint density at radius 2 is 1.54 bits per heavy atom. The van der Waals surface area contributed by atoms with Crippen molar-refractivity contribution >= 4 is 43.5 Å². The fourth-order valence-electron chi connectivity index (χ4n) is 5.18. The molecule has 2 heterocycles. The Bertz CT molecular complexity index is 2020. The number of fused-ring (bicyclic) bond motifs is 7. The van der Waals surface area contributed by atoms with E-state index in [2.05, 4.69) is 68.2 Å². The van der Waals surface area contributed by atoms with Crippen LogP contribution >= 0.6 is 0 Å². The molecule has 186 valence electrons. The first-order valence-electron chi connectivity index (χ1n) is 15.3. The number of nitrogens with zero attached hydrogens (tertiary/aromatic N) is 1. The molecule has 0 radical (unpaired) electrons. The summed E-state index contributed by atoms with van der Waals surface area (Å²) in [4.78, 5) is 4.55. The van der Waals surface area contributed by atoms with E-state index in [1.54, 1.807) is 26.8 Å². The van der Waals surface area contributed by atoms with Crippen molar-refractivity contribution in [2.45, 2.75) is 60.2 Å². The lowest BCUT2D eigenvalue weighted by molar-refractivity contribution is 0.410. The first-order chi connectivity index (χ1) is 19.5. The molecule has 0 atom stereocenters. The van der Waals surface area contributed by atoms with Gasteiger partial charge in [-0.05, 0) is 75.1 Å². The maximum absolute atomic E-state index is 8.94. The summed E-state index contributed by atoms with van der Waals surface area (Å²) in [7, 11) is 0. The van der Waals surface area contributed by atoms with Crippen LogP contribution in [-0.2, 0) is 11.8 Å². The second-order valence-electron chi connectivity index (χ2n) is 12.1. The summed E-state index contributed by atoms with van der Waals surface area (Å²) in [6.45, 7) is 9.46. The highest BCUT2D eigenvalue weighted by atomic mass is 16.3. The molecule has 0 N–H and O–H groups in total. The predicted octanol–water partition coefficient (Wildman–Crippen LogP) is 10.1. The molecule has 2 heteroatoms. The standard InChI is InChI=1S/C35H35NO/c1-21-20-36-30(18-24(21)19-34(2,3)4)29-10-8-9-27-28-15-13-22-11-12-23-17-25(35(5,6)7)14-16-26(23)31(22)33(28)37-32(27)29/h8-18,20H,19H2,1-7H3/i1D3,19D2. The van der Waals surface area contributed by atoms with Gasteiger partial charge < -0.3 is 4.42 Å². The minimum absolute atomic E-state index is 0.0348. The van der Waals surface area contributed by atoms with E-state index in [4.69, 9.17) is 11.3 Å². The second-order valence-corrected chi connectivity index (χ2v) is 12.1. The highest BCUT2D eigenvalue weighted by Crippen LogP contribution is 2.41. The van der Waals surface area contributed by atoms with Crippen molar-refractivity contribution in [2.24, 2.45) is 5.41 Å². The Balaban J connectivity index is 1.64. The van der Waals surface area contributed by atoms with Crippen LogP contribution in [0.1, 0.15) is 65.1 Å². The van der Waals surface area contributed by atoms with Crippen LogP contribution in [0.15, 0.2) is 77.3 Å². The van der Waals surface area contributed by atoms with Gasteiger partial charge >= 0.3 is 0 Å². The summed E-state index contributed by atoms with van der Waals surface area (Å²) >= 11 is 0. The Kier molecular flexibility index (Phi) is 4.11. The molecule has 0 unspecified atom stereocenters. The molecule has 0 fully saturated rings. The summed E-state index contributed by atoms with van der Waals surface area (Å²) in [6.07, 6.45) is -0.615. The van der Waals surface area contributed by atoms with Gasteiger partial charge in [0.2, 0.25) is 0 Å². The van der Waals surface area contributed by atoms with Gasteiger partial charge in [0.1, 0.15) is 11.2 Å². The summed E-state index contributed by atoms with van der Waals surface area (Å²) in [5.41, 5.74) is 3.10. The van der Waals surface area contributed by atoms with Crippen LogP contribution in [0, 0.1) is 12.3 Å². The molecule has 0 amide bonds. The number of pyridine rings is 1. The predicted molar refractivity (Wildman–Crippen MR) is 159 cm³/mol. The van der Waals surface area contributed by atoms with Gasteiger partial charge in [0.15, 0.2) is 0 Å². The molecule has 0 saturated heterocycles. The maximum Gasteiger partial charge on any atom is 0.144 e. The van der Waals surface area contributed by atoms with Gasteiger partial charge in [-0.15, -0.1) is 0 Å². The van der Waals surface area contributed by atoms with Gasteiger partial charge in [-0.25, -0.2) is 0 Å². The minimum atomic E-state index is -2.50. The van der Waals surface area contributed by atoms with Gasteiger partial charge in [0, 0.05) is 34.8 Å². The SMILES string of the molecule is [2H]C([2H])([2H])c1cnc(-c2cccc3c2oc2c3ccc3ccc4cc(C(C)(C)C)ccc4c32)cc1C([2H])([2H])C(C)(C)C. The fourth-order valence-corrected chi connectivity index (χ4v) is 5.18. The average Bonchev–Trinajstić information content (AvgIpc) is 3.29. The lowest BCUT2D eigenvalue weighted by atomic mass is 9.85. The van der Waals surface area contributed by atoms with Crippen LogP contribution in [0.25, 0.3) is 54.7 Å². The van der Waals surface area contributed by atoms with Crippen molar-refractivity contribution in [3.05, 3.63) is 89.6 Å². The Hall–Kier alpha value is -3.65. The minimum Gasteiger partial charge on any atom is -0.455 e. The van der Waals surface area contributed by atoms with Crippen LogP contribution < -0.4 is 0 Å². The van der Waals surface area contributed by atoms with E-state index < -0.39 is 18.6 Å². The van der Waals surface area contributed by atoms with Gasteiger partial charge in [0.05, 0.1) is 5.69 Å². The molecular formula is C35H35NO. The summed E-state index contributed by atoms with van der Waals surface area (Å²) in [5, 5.41) is 6.31. The molecule has 0 spiro atoms. The van der Waals surface area contributed by atoms with Crippen molar-refractivity contribution < 1.29 is 11.3 Å². The molecule has 0 bridgehead atoms. The number of aryl methyl sites for hydroxylation is 1. The second kappa shape index (κ2) is 8.18. The Labute approximate surface area is 226 Å². The summed E-state index contributed by atoms with van der Waals surface area (Å²) in [6, 6.07) is 22.6. The topological polar surface area (TPSA) is 26.0 Å². The van der Waals surface area contributed by atoms with E-state index in [0.29, 0.717) is 16.8 Å². The van der Waals surface area contributed by atoms with Crippen molar-refractivity contribution in [1.29, 1.82) is 0 Å². The lowest BCUT2D eigenvalue weighted by Crippen LogP contribution is -2.10. The van der Waals surface area contributed by atoms with E-state index in [1.165, 1.54) is 11.8 Å². The Morgan fingerprint density at radius 3 is 2.30 bits per heavy atom. The van der Waals surface area contributed by atoms with Gasteiger partial charge in [-0.3, -0.25) is 4.98 Å². The number of furan rings is 1. The summed E-state index contributed by atoms with van der Waals surface area (Å²) < 4.78 is 48.8. The molecule has 4 aromatic carbocycles. The highest BCUT2D eigenvalue weighted by Gasteiger charge is 2.19. The fraction of sp³-hybridized carbons (Fsp3) is 0.286. The van der Waals surface area contributed by atoms with E-state index >= 15 is 0 Å². The zero-order valence-corrected chi connectivity index (χ0v) is 22.3. The zero-order valence-electron chi connectivity index (χ0n) is 27.3. The normalized spacial score (nSPS) is 15.6. The largest absolute Gasteiger partial charge is 0.455 e. The van der Waals surface area contributed by atoms with Crippen LogP contribution in [0.5, 0.6) is 0 Å². The van der Waals surface area contributed by atoms with Crippen LogP contribution in [0.4, 0.5) is 0 Å². The number of para-hydroxylation sites is 1. The third kappa shape index (κ3) is 4.09. The molecule has 2 aromatic heterocycles.